The van der Waals surface area contributed by atoms with E-state index in [4.69, 9.17) is 11.6 Å². The van der Waals surface area contributed by atoms with Crippen molar-refractivity contribution in [1.29, 1.82) is 0 Å². The van der Waals surface area contributed by atoms with Crippen LogP contribution in [0.2, 0.25) is 5.02 Å². The Labute approximate surface area is 139 Å². The summed E-state index contributed by atoms with van der Waals surface area (Å²) in [6.07, 6.45) is 2.33. The molecule has 22 heavy (non-hydrogen) atoms. The fourth-order valence-electron chi connectivity index (χ4n) is 2.94. The molecule has 2 aliphatic heterocycles. The van der Waals surface area contributed by atoms with Crippen molar-refractivity contribution in [3.8, 4) is 0 Å². The van der Waals surface area contributed by atoms with Gasteiger partial charge in [-0.15, -0.1) is 11.8 Å². The fraction of sp³-hybridized carbons (Fsp3) is 0.500. The van der Waals surface area contributed by atoms with Crippen molar-refractivity contribution in [3.63, 3.8) is 0 Å². The van der Waals surface area contributed by atoms with Gasteiger partial charge in [0.15, 0.2) is 0 Å². The van der Waals surface area contributed by atoms with E-state index >= 15 is 0 Å². The van der Waals surface area contributed by atoms with E-state index in [9.17, 15) is 9.59 Å². The van der Waals surface area contributed by atoms with E-state index < -0.39 is 0 Å². The highest BCUT2D eigenvalue weighted by Gasteiger charge is 2.33. The van der Waals surface area contributed by atoms with Crippen LogP contribution in [0.5, 0.6) is 0 Å². The van der Waals surface area contributed by atoms with Crippen LogP contribution in [-0.2, 0) is 9.59 Å². The van der Waals surface area contributed by atoms with Gasteiger partial charge in [-0.25, -0.2) is 0 Å². The molecule has 0 saturated carbocycles. The molecule has 2 saturated heterocycles. The van der Waals surface area contributed by atoms with Crippen LogP contribution in [0.15, 0.2) is 29.2 Å². The molecule has 1 N–H and O–H groups in total. The van der Waals surface area contributed by atoms with Gasteiger partial charge in [0.2, 0.25) is 11.8 Å². The minimum atomic E-state index is -0.159. The van der Waals surface area contributed by atoms with E-state index in [-0.39, 0.29) is 17.7 Å². The summed E-state index contributed by atoms with van der Waals surface area (Å²) < 4.78 is 0. The van der Waals surface area contributed by atoms with Gasteiger partial charge in [0.1, 0.15) is 0 Å². The number of benzene rings is 1. The van der Waals surface area contributed by atoms with Gasteiger partial charge in [-0.1, -0.05) is 11.6 Å². The maximum Gasteiger partial charge on any atom is 0.227 e. The highest BCUT2D eigenvalue weighted by atomic mass is 35.5. The molecule has 2 amide bonds. The smallest absolute Gasteiger partial charge is 0.227 e. The maximum absolute atomic E-state index is 12.4. The Kier molecular flexibility index (Phi) is 4.93. The fourth-order valence-corrected chi connectivity index (χ4v) is 4.19. The normalized spacial score (nSPS) is 22.7. The Morgan fingerprint density at radius 3 is 2.50 bits per heavy atom. The van der Waals surface area contributed by atoms with Crippen molar-refractivity contribution in [2.45, 2.75) is 29.4 Å². The zero-order valence-electron chi connectivity index (χ0n) is 12.3. The molecule has 4 nitrogen and oxygen atoms in total. The minimum absolute atomic E-state index is 0.00784. The molecule has 1 atom stereocenters. The van der Waals surface area contributed by atoms with Crippen molar-refractivity contribution in [1.82, 2.24) is 10.2 Å². The average Bonchev–Trinajstić information content (AvgIpc) is 2.96. The van der Waals surface area contributed by atoms with Crippen LogP contribution < -0.4 is 5.32 Å². The van der Waals surface area contributed by atoms with Crippen molar-refractivity contribution < 1.29 is 9.59 Å². The lowest BCUT2D eigenvalue weighted by Crippen LogP contribution is -2.43. The molecule has 2 aliphatic rings. The predicted octanol–water partition coefficient (Wildman–Crippen LogP) is 2.56. The van der Waals surface area contributed by atoms with Crippen LogP contribution in [0, 0.1) is 5.92 Å². The van der Waals surface area contributed by atoms with Crippen molar-refractivity contribution in [3.05, 3.63) is 29.3 Å². The molecule has 0 spiro atoms. The Hall–Kier alpha value is -1.20. The summed E-state index contributed by atoms with van der Waals surface area (Å²) in [4.78, 5) is 26.7. The Morgan fingerprint density at radius 2 is 1.91 bits per heavy atom. The quantitative estimate of drug-likeness (QED) is 0.921. The number of rotatable bonds is 3. The van der Waals surface area contributed by atoms with Crippen LogP contribution in [0.1, 0.15) is 19.3 Å². The molecule has 0 aliphatic carbocycles. The van der Waals surface area contributed by atoms with E-state index in [2.05, 4.69) is 5.32 Å². The minimum Gasteiger partial charge on any atom is -0.355 e. The standard InChI is InChI=1S/C16H19ClN2O2S/c17-12-1-3-13(4-2-12)22-14-5-7-19(8-6-14)16(21)11-9-15(20)18-10-11/h1-4,11,14H,5-10H2,(H,18,20)/t11-/m1/s1. The van der Waals surface area contributed by atoms with Crippen molar-refractivity contribution in [2.24, 2.45) is 5.92 Å². The number of thioether (sulfide) groups is 1. The zero-order chi connectivity index (χ0) is 15.5. The molecule has 1 aromatic rings. The van der Waals surface area contributed by atoms with Gasteiger partial charge in [0.05, 0.1) is 5.92 Å². The highest BCUT2D eigenvalue weighted by Crippen LogP contribution is 2.31. The third-order valence-corrected chi connectivity index (χ3v) is 5.80. The number of carbonyl (C=O) groups is 2. The largest absolute Gasteiger partial charge is 0.355 e. The first-order valence-corrected chi connectivity index (χ1v) is 8.85. The number of amides is 2. The highest BCUT2D eigenvalue weighted by molar-refractivity contribution is 8.00. The first kappa shape index (κ1) is 15.7. The van der Waals surface area contributed by atoms with Crippen LogP contribution in [0.3, 0.4) is 0 Å². The first-order valence-electron chi connectivity index (χ1n) is 7.59. The van der Waals surface area contributed by atoms with E-state index in [0.717, 1.165) is 31.0 Å². The second kappa shape index (κ2) is 6.92. The van der Waals surface area contributed by atoms with Gasteiger partial charge in [0, 0.05) is 41.2 Å². The van der Waals surface area contributed by atoms with Gasteiger partial charge < -0.3 is 10.2 Å². The Balaban J connectivity index is 1.48. The van der Waals surface area contributed by atoms with Gasteiger partial charge >= 0.3 is 0 Å². The molecule has 0 bridgehead atoms. The molecule has 0 radical (unpaired) electrons. The molecule has 2 heterocycles. The van der Waals surface area contributed by atoms with Gasteiger partial charge in [0.25, 0.3) is 0 Å². The molecule has 0 unspecified atom stereocenters. The zero-order valence-corrected chi connectivity index (χ0v) is 13.8. The van der Waals surface area contributed by atoms with Gasteiger partial charge in [-0.2, -0.15) is 0 Å². The molecular weight excluding hydrogens is 320 g/mol. The van der Waals surface area contributed by atoms with Crippen LogP contribution >= 0.6 is 23.4 Å². The Bertz CT molecular complexity index is 556. The summed E-state index contributed by atoms with van der Waals surface area (Å²) in [5, 5.41) is 4.02. The van der Waals surface area contributed by atoms with Crippen molar-refractivity contribution in [2.75, 3.05) is 19.6 Å². The summed E-state index contributed by atoms with van der Waals surface area (Å²) >= 11 is 7.75. The maximum atomic E-state index is 12.4. The number of halogens is 1. The van der Waals surface area contributed by atoms with E-state index in [1.165, 1.54) is 4.90 Å². The van der Waals surface area contributed by atoms with Crippen LogP contribution in [-0.4, -0.2) is 41.6 Å². The molecule has 3 rings (SSSR count). The monoisotopic (exact) mass is 338 g/mol. The number of likely N-dealkylation sites (tertiary alicyclic amines) is 1. The lowest BCUT2D eigenvalue weighted by molar-refractivity contribution is -0.136. The number of hydrogen-bond donors (Lipinski definition) is 1. The summed E-state index contributed by atoms with van der Waals surface area (Å²) in [7, 11) is 0. The summed E-state index contributed by atoms with van der Waals surface area (Å²) in [5.41, 5.74) is 0. The average molecular weight is 339 g/mol. The molecule has 118 valence electrons. The molecule has 1 aromatic carbocycles. The number of carbonyl (C=O) groups excluding carboxylic acids is 2. The van der Waals surface area contributed by atoms with Gasteiger partial charge in [-0.05, 0) is 37.1 Å². The van der Waals surface area contributed by atoms with Gasteiger partial charge in [-0.3, -0.25) is 9.59 Å². The lowest BCUT2D eigenvalue weighted by atomic mass is 10.0. The van der Waals surface area contributed by atoms with E-state index in [0.29, 0.717) is 18.2 Å². The third kappa shape index (κ3) is 3.76. The predicted molar refractivity (Wildman–Crippen MR) is 88.0 cm³/mol. The lowest BCUT2D eigenvalue weighted by Gasteiger charge is -2.33. The second-order valence-electron chi connectivity index (χ2n) is 5.80. The van der Waals surface area contributed by atoms with E-state index in [1.54, 1.807) is 0 Å². The Morgan fingerprint density at radius 1 is 1.23 bits per heavy atom. The number of nitrogens with zero attached hydrogens (tertiary/aromatic N) is 1. The van der Waals surface area contributed by atoms with Crippen molar-refractivity contribution >= 4 is 35.2 Å². The topological polar surface area (TPSA) is 49.4 Å². The summed E-state index contributed by atoms with van der Waals surface area (Å²) in [5.74, 6) is -0.0345. The molecule has 6 heteroatoms. The molecule has 2 fully saturated rings. The molecular formula is C16H19ClN2O2S. The summed E-state index contributed by atoms with van der Waals surface area (Å²) in [6.45, 7) is 2.07. The third-order valence-electron chi connectivity index (χ3n) is 4.20. The number of piperidine rings is 1. The SMILES string of the molecule is O=C1C[C@@H](C(=O)N2CCC(Sc3ccc(Cl)cc3)CC2)CN1. The second-order valence-corrected chi connectivity index (χ2v) is 7.61. The molecule has 0 aromatic heterocycles. The van der Waals surface area contributed by atoms with Crippen LogP contribution in [0.4, 0.5) is 0 Å². The summed E-state index contributed by atoms with van der Waals surface area (Å²) in [6, 6.07) is 7.90. The van der Waals surface area contributed by atoms with E-state index in [1.807, 2.05) is 40.9 Å². The van der Waals surface area contributed by atoms with Crippen LogP contribution in [0.25, 0.3) is 0 Å². The number of nitrogens with one attached hydrogen (secondary N) is 1. The number of hydrogen-bond acceptors (Lipinski definition) is 3. The first-order chi connectivity index (χ1) is 10.6.